The highest BCUT2D eigenvalue weighted by Crippen LogP contribution is 2.09. The summed E-state index contributed by atoms with van der Waals surface area (Å²) >= 11 is 0. The summed E-state index contributed by atoms with van der Waals surface area (Å²) in [6, 6.07) is 10.1. The lowest BCUT2D eigenvalue weighted by atomic mass is 10.1. The third-order valence-electron chi connectivity index (χ3n) is 3.51. The molecule has 1 aromatic carbocycles. The Morgan fingerprint density at radius 2 is 1.64 bits per heavy atom. The summed E-state index contributed by atoms with van der Waals surface area (Å²) in [4.78, 5) is 22.7. The second-order valence-electron chi connectivity index (χ2n) is 5.38. The number of rotatable bonds is 11. The van der Waals surface area contributed by atoms with Gasteiger partial charge in [-0.05, 0) is 24.8 Å². The Kier molecular flexibility index (Phi) is 9.67. The molecule has 0 heterocycles. The topological polar surface area (TPSA) is 43.4 Å². The molecule has 0 radical (unpaired) electrons. The van der Waals surface area contributed by atoms with Crippen LogP contribution in [0.2, 0.25) is 0 Å². The molecule has 0 saturated heterocycles. The van der Waals surface area contributed by atoms with Crippen molar-refractivity contribution in [2.75, 3.05) is 7.11 Å². The van der Waals surface area contributed by atoms with Crippen LogP contribution in [-0.4, -0.2) is 18.9 Å². The van der Waals surface area contributed by atoms with Crippen molar-refractivity contribution in [3.8, 4) is 0 Å². The monoisotopic (exact) mass is 302 g/mol. The van der Waals surface area contributed by atoms with Gasteiger partial charge in [0.05, 0.1) is 7.11 Å². The molecule has 1 rings (SSSR count). The average Bonchev–Trinajstić information content (AvgIpc) is 2.55. The minimum Gasteiger partial charge on any atom is -0.469 e. The number of ketones is 1. The smallest absolute Gasteiger partial charge is 0.305 e. The maximum absolute atomic E-state index is 11.7. The van der Waals surface area contributed by atoms with Crippen LogP contribution < -0.4 is 0 Å². The van der Waals surface area contributed by atoms with E-state index in [2.05, 4.69) is 16.9 Å². The van der Waals surface area contributed by atoms with E-state index in [9.17, 15) is 9.59 Å². The lowest BCUT2D eigenvalue weighted by molar-refractivity contribution is -0.140. The fourth-order valence-corrected chi connectivity index (χ4v) is 2.20. The Labute approximate surface area is 133 Å². The molecule has 3 heteroatoms. The van der Waals surface area contributed by atoms with Crippen molar-refractivity contribution in [1.82, 2.24) is 0 Å². The summed E-state index contributed by atoms with van der Waals surface area (Å²) in [6.45, 7) is 0. The third kappa shape index (κ3) is 9.11. The third-order valence-corrected chi connectivity index (χ3v) is 3.51. The van der Waals surface area contributed by atoms with Crippen LogP contribution in [0.1, 0.15) is 56.9 Å². The second kappa shape index (κ2) is 11.7. The van der Waals surface area contributed by atoms with Crippen LogP contribution in [0.4, 0.5) is 0 Å². The van der Waals surface area contributed by atoms with Gasteiger partial charge in [0, 0.05) is 19.3 Å². The molecule has 0 saturated carbocycles. The first-order valence-electron chi connectivity index (χ1n) is 8.02. The molecule has 0 aromatic heterocycles. The molecule has 22 heavy (non-hydrogen) atoms. The average molecular weight is 302 g/mol. The first-order valence-corrected chi connectivity index (χ1v) is 8.02. The van der Waals surface area contributed by atoms with Gasteiger partial charge in [-0.2, -0.15) is 0 Å². The minimum absolute atomic E-state index is 0.152. The lowest BCUT2D eigenvalue weighted by Gasteiger charge is -2.01. The van der Waals surface area contributed by atoms with Gasteiger partial charge in [-0.25, -0.2) is 0 Å². The molecule has 3 nitrogen and oxygen atoms in total. The van der Waals surface area contributed by atoms with Crippen LogP contribution in [0.15, 0.2) is 36.4 Å². The van der Waals surface area contributed by atoms with Crippen molar-refractivity contribution in [3.05, 3.63) is 42.0 Å². The molecule has 0 aliphatic heterocycles. The molecular formula is C19H26O3. The van der Waals surface area contributed by atoms with Crippen molar-refractivity contribution in [2.24, 2.45) is 0 Å². The van der Waals surface area contributed by atoms with Crippen molar-refractivity contribution in [3.63, 3.8) is 0 Å². The Morgan fingerprint density at radius 1 is 0.955 bits per heavy atom. The standard InChI is InChI=1S/C19H26O3/c1-22-19(21)16-8-3-2-7-14-18(20)15-10-9-13-17-11-5-4-6-12-17/h4-6,9,11-13H,2-3,7-8,10,14-16H2,1H3/b13-9+. The number of carbonyl (C=O) groups excluding carboxylic acids is 2. The first kappa shape index (κ1) is 18.1. The van der Waals surface area contributed by atoms with E-state index < -0.39 is 0 Å². The molecule has 0 aliphatic carbocycles. The van der Waals surface area contributed by atoms with Crippen molar-refractivity contribution in [1.29, 1.82) is 0 Å². The number of unbranched alkanes of at least 4 members (excludes halogenated alkanes) is 3. The summed E-state index contributed by atoms with van der Waals surface area (Å²) in [5.74, 6) is 0.173. The number of Topliss-reactive ketones (excluding diaryl/α,β-unsaturated/α-hetero) is 1. The van der Waals surface area contributed by atoms with Gasteiger partial charge in [-0.3, -0.25) is 9.59 Å². The summed E-state index contributed by atoms with van der Waals surface area (Å²) in [6.07, 6.45) is 10.4. The van der Waals surface area contributed by atoms with Crippen LogP contribution in [-0.2, 0) is 14.3 Å². The highest BCUT2D eigenvalue weighted by atomic mass is 16.5. The number of hydrogen-bond acceptors (Lipinski definition) is 3. The quantitative estimate of drug-likeness (QED) is 0.444. The summed E-state index contributed by atoms with van der Waals surface area (Å²) in [7, 11) is 1.41. The molecule has 0 bridgehead atoms. The fourth-order valence-electron chi connectivity index (χ4n) is 2.20. The maximum Gasteiger partial charge on any atom is 0.305 e. The van der Waals surface area contributed by atoms with E-state index in [0.29, 0.717) is 25.0 Å². The number of allylic oxidation sites excluding steroid dienone is 1. The van der Waals surface area contributed by atoms with Crippen molar-refractivity contribution in [2.45, 2.75) is 51.4 Å². The van der Waals surface area contributed by atoms with Crippen LogP contribution >= 0.6 is 0 Å². The predicted octanol–water partition coefficient (Wildman–Crippen LogP) is 4.56. The Balaban J connectivity index is 2.00. The Hall–Kier alpha value is -1.90. The molecule has 0 atom stereocenters. The van der Waals surface area contributed by atoms with Gasteiger partial charge in [0.2, 0.25) is 0 Å². The molecule has 0 unspecified atom stereocenters. The largest absolute Gasteiger partial charge is 0.469 e. The van der Waals surface area contributed by atoms with Crippen LogP contribution in [0.3, 0.4) is 0 Å². The second-order valence-corrected chi connectivity index (χ2v) is 5.38. The number of benzene rings is 1. The maximum atomic E-state index is 11.7. The molecule has 1 aromatic rings. The zero-order chi connectivity index (χ0) is 16.0. The van der Waals surface area contributed by atoms with Crippen molar-refractivity contribution < 1.29 is 14.3 Å². The van der Waals surface area contributed by atoms with Gasteiger partial charge in [0.15, 0.2) is 0 Å². The van der Waals surface area contributed by atoms with Gasteiger partial charge in [0.25, 0.3) is 0 Å². The Bertz CT molecular complexity index is 463. The van der Waals surface area contributed by atoms with E-state index in [1.54, 1.807) is 0 Å². The van der Waals surface area contributed by atoms with Gasteiger partial charge in [0.1, 0.15) is 5.78 Å². The summed E-state index contributed by atoms with van der Waals surface area (Å²) < 4.78 is 4.58. The fraction of sp³-hybridized carbons (Fsp3) is 0.474. The first-order chi connectivity index (χ1) is 10.7. The van der Waals surface area contributed by atoms with Gasteiger partial charge in [-0.1, -0.05) is 55.3 Å². The zero-order valence-electron chi connectivity index (χ0n) is 13.4. The van der Waals surface area contributed by atoms with E-state index >= 15 is 0 Å². The van der Waals surface area contributed by atoms with Crippen LogP contribution in [0.25, 0.3) is 6.08 Å². The van der Waals surface area contributed by atoms with Crippen LogP contribution in [0, 0.1) is 0 Å². The summed E-state index contributed by atoms with van der Waals surface area (Å²) in [5, 5.41) is 0. The van der Waals surface area contributed by atoms with E-state index in [1.165, 1.54) is 12.7 Å². The molecule has 0 N–H and O–H groups in total. The molecule has 0 spiro atoms. The molecule has 0 fully saturated rings. The highest BCUT2D eigenvalue weighted by molar-refractivity contribution is 5.78. The number of ether oxygens (including phenoxy) is 1. The van der Waals surface area contributed by atoms with Gasteiger partial charge in [-0.15, -0.1) is 0 Å². The minimum atomic E-state index is -0.152. The van der Waals surface area contributed by atoms with Crippen molar-refractivity contribution >= 4 is 17.8 Å². The zero-order valence-corrected chi connectivity index (χ0v) is 13.4. The van der Waals surface area contributed by atoms with E-state index in [4.69, 9.17) is 0 Å². The molecule has 0 aliphatic rings. The molecule has 120 valence electrons. The molecular weight excluding hydrogens is 276 g/mol. The van der Waals surface area contributed by atoms with Gasteiger partial charge >= 0.3 is 5.97 Å². The number of methoxy groups -OCH3 is 1. The van der Waals surface area contributed by atoms with Gasteiger partial charge < -0.3 is 4.74 Å². The highest BCUT2D eigenvalue weighted by Gasteiger charge is 2.02. The van der Waals surface area contributed by atoms with Crippen LogP contribution in [0.5, 0.6) is 0 Å². The summed E-state index contributed by atoms with van der Waals surface area (Å²) in [5.41, 5.74) is 1.17. The normalized spacial score (nSPS) is 10.8. The number of carbonyl (C=O) groups is 2. The predicted molar refractivity (Wildman–Crippen MR) is 89.4 cm³/mol. The van der Waals surface area contributed by atoms with E-state index in [-0.39, 0.29) is 5.97 Å². The lowest BCUT2D eigenvalue weighted by Crippen LogP contribution is -2.00. The number of hydrogen-bond donors (Lipinski definition) is 0. The number of esters is 1. The van der Waals surface area contributed by atoms with E-state index in [0.717, 1.165) is 32.1 Å². The Morgan fingerprint density at radius 3 is 2.32 bits per heavy atom. The SMILES string of the molecule is COC(=O)CCCCCCC(=O)CC/C=C/c1ccccc1. The van der Waals surface area contributed by atoms with E-state index in [1.807, 2.05) is 30.3 Å². The molecule has 0 amide bonds.